The summed E-state index contributed by atoms with van der Waals surface area (Å²) in [6.45, 7) is 5.01. The second-order valence-corrected chi connectivity index (χ2v) is 5.96. The van der Waals surface area contributed by atoms with Crippen LogP contribution in [0.4, 0.5) is 5.69 Å². The number of carbonyl (C=O) groups is 1. The van der Waals surface area contributed by atoms with E-state index in [2.05, 4.69) is 29.4 Å². The summed E-state index contributed by atoms with van der Waals surface area (Å²) in [4.78, 5) is 14.5. The Bertz CT molecular complexity index is 460. The summed E-state index contributed by atoms with van der Waals surface area (Å²) in [7, 11) is 5.79. The van der Waals surface area contributed by atoms with Crippen LogP contribution in [-0.2, 0) is 0 Å². The zero-order valence-electron chi connectivity index (χ0n) is 12.8. The van der Waals surface area contributed by atoms with Gasteiger partial charge in [-0.1, -0.05) is 25.4 Å². The van der Waals surface area contributed by atoms with Gasteiger partial charge in [0.1, 0.15) is 0 Å². The molecule has 1 aromatic rings. The first kappa shape index (κ1) is 16.8. The van der Waals surface area contributed by atoms with Gasteiger partial charge in [0.2, 0.25) is 0 Å². The predicted octanol–water partition coefficient (Wildman–Crippen LogP) is 2.70. The van der Waals surface area contributed by atoms with Crippen molar-refractivity contribution in [2.75, 3.05) is 33.0 Å². The molecule has 4 nitrogen and oxygen atoms in total. The van der Waals surface area contributed by atoms with Gasteiger partial charge in [-0.15, -0.1) is 0 Å². The summed E-state index contributed by atoms with van der Waals surface area (Å²) in [5.74, 6) is 0.260. The van der Waals surface area contributed by atoms with Crippen LogP contribution < -0.4 is 10.6 Å². The minimum atomic E-state index is -0.0996. The Hall–Kier alpha value is -1.26. The average molecular weight is 298 g/mol. The quantitative estimate of drug-likeness (QED) is 0.848. The van der Waals surface area contributed by atoms with Crippen LogP contribution in [0.25, 0.3) is 0 Å². The Morgan fingerprint density at radius 3 is 2.50 bits per heavy atom. The van der Waals surface area contributed by atoms with E-state index in [-0.39, 0.29) is 11.9 Å². The van der Waals surface area contributed by atoms with E-state index in [0.29, 0.717) is 16.5 Å². The molecule has 0 aliphatic rings. The zero-order valence-corrected chi connectivity index (χ0v) is 13.6. The van der Waals surface area contributed by atoms with Crippen LogP contribution in [-0.4, -0.2) is 44.5 Å². The Morgan fingerprint density at radius 2 is 2.00 bits per heavy atom. The number of halogens is 1. The average Bonchev–Trinajstić information content (AvgIpc) is 2.37. The lowest BCUT2D eigenvalue weighted by atomic mass is 10.0. The number of anilines is 1. The maximum absolute atomic E-state index is 12.4. The number of benzene rings is 1. The topological polar surface area (TPSA) is 44.4 Å². The van der Waals surface area contributed by atoms with Crippen molar-refractivity contribution in [1.29, 1.82) is 0 Å². The molecule has 0 saturated heterocycles. The van der Waals surface area contributed by atoms with Crippen LogP contribution in [0.15, 0.2) is 18.2 Å². The molecule has 0 radical (unpaired) electrons. The first-order valence-electron chi connectivity index (χ1n) is 6.78. The molecule has 1 atom stereocenters. The second-order valence-electron chi connectivity index (χ2n) is 5.53. The lowest BCUT2D eigenvalue weighted by Crippen LogP contribution is -2.45. The zero-order chi connectivity index (χ0) is 15.3. The highest BCUT2D eigenvalue weighted by molar-refractivity contribution is 6.31. The van der Waals surface area contributed by atoms with Crippen molar-refractivity contribution < 1.29 is 4.79 Å². The fraction of sp³-hybridized carbons (Fsp3) is 0.533. The van der Waals surface area contributed by atoms with Gasteiger partial charge in [-0.3, -0.25) is 4.79 Å². The van der Waals surface area contributed by atoms with Crippen LogP contribution >= 0.6 is 11.6 Å². The highest BCUT2D eigenvalue weighted by Crippen LogP contribution is 2.20. The largest absolute Gasteiger partial charge is 0.387 e. The minimum Gasteiger partial charge on any atom is -0.387 e. The Morgan fingerprint density at radius 1 is 1.35 bits per heavy atom. The molecular weight excluding hydrogens is 274 g/mol. The Kier molecular flexibility index (Phi) is 6.30. The third kappa shape index (κ3) is 4.69. The van der Waals surface area contributed by atoms with E-state index in [1.807, 2.05) is 20.2 Å². The summed E-state index contributed by atoms with van der Waals surface area (Å²) >= 11 is 5.99. The van der Waals surface area contributed by atoms with Crippen molar-refractivity contribution in [3.8, 4) is 0 Å². The van der Waals surface area contributed by atoms with Crippen molar-refractivity contribution in [2.24, 2.45) is 5.92 Å². The lowest BCUT2D eigenvalue weighted by Gasteiger charge is -2.26. The molecule has 0 saturated carbocycles. The van der Waals surface area contributed by atoms with Crippen LogP contribution in [0.3, 0.4) is 0 Å². The summed E-state index contributed by atoms with van der Waals surface area (Å²) < 4.78 is 0. The molecule has 0 fully saturated rings. The minimum absolute atomic E-state index is 0.0983. The first-order chi connectivity index (χ1) is 9.35. The third-order valence-corrected chi connectivity index (χ3v) is 3.41. The van der Waals surface area contributed by atoms with E-state index in [1.54, 1.807) is 19.2 Å². The summed E-state index contributed by atoms with van der Waals surface area (Å²) in [6, 6.07) is 5.37. The smallest absolute Gasteiger partial charge is 0.253 e. The fourth-order valence-corrected chi connectivity index (χ4v) is 2.16. The SMILES string of the molecule is CNc1ccc(Cl)cc1C(=O)NC(CN(C)C)C(C)C. The summed E-state index contributed by atoms with van der Waals surface area (Å²) in [5, 5.41) is 6.66. The molecule has 5 heteroatoms. The standard InChI is InChI=1S/C15H24ClN3O/c1-10(2)14(9-19(4)5)18-15(20)12-8-11(16)6-7-13(12)17-3/h6-8,10,14,17H,9H2,1-5H3,(H,18,20). The van der Waals surface area contributed by atoms with Gasteiger partial charge in [-0.05, 0) is 38.2 Å². The monoisotopic (exact) mass is 297 g/mol. The van der Waals surface area contributed by atoms with E-state index < -0.39 is 0 Å². The number of carbonyl (C=O) groups excluding carboxylic acids is 1. The van der Waals surface area contributed by atoms with Gasteiger partial charge in [0.25, 0.3) is 5.91 Å². The molecular formula is C15H24ClN3O. The molecule has 0 aliphatic carbocycles. The molecule has 0 spiro atoms. The molecule has 1 unspecified atom stereocenters. The molecule has 0 aliphatic heterocycles. The number of nitrogens with one attached hydrogen (secondary N) is 2. The van der Waals surface area contributed by atoms with Crippen LogP contribution in [0, 0.1) is 5.92 Å². The molecule has 0 bridgehead atoms. The molecule has 0 heterocycles. The van der Waals surface area contributed by atoms with Gasteiger partial charge < -0.3 is 15.5 Å². The molecule has 1 rings (SSSR count). The maximum Gasteiger partial charge on any atom is 0.253 e. The van der Waals surface area contributed by atoms with Gasteiger partial charge >= 0.3 is 0 Å². The number of likely N-dealkylation sites (N-methyl/N-ethyl adjacent to an activating group) is 1. The van der Waals surface area contributed by atoms with Gasteiger partial charge in [-0.2, -0.15) is 0 Å². The van der Waals surface area contributed by atoms with Crippen LogP contribution in [0.1, 0.15) is 24.2 Å². The molecule has 1 aromatic carbocycles. The van der Waals surface area contributed by atoms with Crippen molar-refractivity contribution in [1.82, 2.24) is 10.2 Å². The maximum atomic E-state index is 12.4. The van der Waals surface area contributed by atoms with Gasteiger partial charge in [0, 0.05) is 30.3 Å². The van der Waals surface area contributed by atoms with E-state index in [9.17, 15) is 4.79 Å². The normalized spacial score (nSPS) is 12.6. The van der Waals surface area contributed by atoms with E-state index in [0.717, 1.165) is 12.2 Å². The van der Waals surface area contributed by atoms with E-state index >= 15 is 0 Å². The highest BCUT2D eigenvalue weighted by Gasteiger charge is 2.19. The first-order valence-corrected chi connectivity index (χ1v) is 7.15. The van der Waals surface area contributed by atoms with E-state index in [4.69, 9.17) is 11.6 Å². The lowest BCUT2D eigenvalue weighted by molar-refractivity contribution is 0.0917. The number of amides is 1. The third-order valence-electron chi connectivity index (χ3n) is 3.18. The summed E-state index contributed by atoms with van der Waals surface area (Å²) in [6.07, 6.45) is 0. The molecule has 20 heavy (non-hydrogen) atoms. The van der Waals surface area contributed by atoms with Crippen LogP contribution in [0.5, 0.6) is 0 Å². The molecule has 1 amide bonds. The predicted molar refractivity (Wildman–Crippen MR) is 85.6 cm³/mol. The van der Waals surface area contributed by atoms with Gasteiger partial charge in [0.05, 0.1) is 5.56 Å². The van der Waals surface area contributed by atoms with E-state index in [1.165, 1.54) is 0 Å². The van der Waals surface area contributed by atoms with Crippen molar-refractivity contribution in [2.45, 2.75) is 19.9 Å². The number of hydrogen-bond acceptors (Lipinski definition) is 3. The highest BCUT2D eigenvalue weighted by atomic mass is 35.5. The van der Waals surface area contributed by atoms with Crippen molar-refractivity contribution >= 4 is 23.2 Å². The second kappa shape index (κ2) is 7.50. The Labute approximate surface area is 126 Å². The fourth-order valence-electron chi connectivity index (χ4n) is 1.98. The molecule has 112 valence electrons. The van der Waals surface area contributed by atoms with Crippen molar-refractivity contribution in [3.05, 3.63) is 28.8 Å². The number of hydrogen-bond donors (Lipinski definition) is 2. The molecule has 0 aromatic heterocycles. The van der Waals surface area contributed by atoms with Gasteiger partial charge in [-0.25, -0.2) is 0 Å². The number of rotatable bonds is 6. The van der Waals surface area contributed by atoms with Crippen LogP contribution in [0.2, 0.25) is 5.02 Å². The number of nitrogens with zero attached hydrogens (tertiary/aromatic N) is 1. The van der Waals surface area contributed by atoms with Crippen molar-refractivity contribution in [3.63, 3.8) is 0 Å². The summed E-state index contributed by atoms with van der Waals surface area (Å²) in [5.41, 5.74) is 1.35. The molecule has 2 N–H and O–H groups in total. The Balaban J connectivity index is 2.91. The van der Waals surface area contributed by atoms with Gasteiger partial charge in [0.15, 0.2) is 0 Å².